The molecular weight excluding hydrogens is 293 g/mol. The average Bonchev–Trinajstić information content (AvgIpc) is 3.17. The van der Waals surface area contributed by atoms with Crippen LogP contribution in [0.2, 0.25) is 0 Å². The third-order valence-corrected chi connectivity index (χ3v) is 3.74. The number of aromatic nitrogens is 2. The van der Waals surface area contributed by atoms with Crippen LogP contribution in [0.1, 0.15) is 12.7 Å². The lowest BCUT2D eigenvalue weighted by molar-refractivity contribution is -0.142. The zero-order valence-electron chi connectivity index (χ0n) is 12.5. The molecule has 3 heterocycles. The van der Waals surface area contributed by atoms with E-state index in [0.717, 1.165) is 27.5 Å². The Balaban J connectivity index is 1.81. The molecule has 0 atom stereocenters. The van der Waals surface area contributed by atoms with Crippen LogP contribution in [0.5, 0.6) is 0 Å². The highest BCUT2D eigenvalue weighted by atomic mass is 16.5. The van der Waals surface area contributed by atoms with Crippen molar-refractivity contribution in [1.82, 2.24) is 9.97 Å². The van der Waals surface area contributed by atoms with Crippen molar-refractivity contribution in [2.45, 2.75) is 13.5 Å². The van der Waals surface area contributed by atoms with Gasteiger partial charge in [-0.05, 0) is 24.3 Å². The van der Waals surface area contributed by atoms with Crippen molar-refractivity contribution in [3.05, 3.63) is 54.4 Å². The predicted octanol–water partition coefficient (Wildman–Crippen LogP) is 4.04. The summed E-state index contributed by atoms with van der Waals surface area (Å²) in [6.45, 7) is 1.49. The smallest absolute Gasteiger partial charge is 0.303 e. The van der Waals surface area contributed by atoms with Crippen LogP contribution in [0.15, 0.2) is 53.1 Å². The van der Waals surface area contributed by atoms with E-state index in [-0.39, 0.29) is 12.6 Å². The van der Waals surface area contributed by atoms with E-state index in [4.69, 9.17) is 9.15 Å². The van der Waals surface area contributed by atoms with E-state index in [9.17, 15) is 4.79 Å². The third-order valence-electron chi connectivity index (χ3n) is 3.74. The molecule has 5 nitrogen and oxygen atoms in total. The number of nitrogens with one attached hydrogen (secondary N) is 1. The first-order chi connectivity index (χ1) is 11.2. The second-order valence-corrected chi connectivity index (χ2v) is 5.30. The monoisotopic (exact) mass is 307 g/mol. The van der Waals surface area contributed by atoms with Crippen molar-refractivity contribution in [1.29, 1.82) is 0 Å². The number of carbonyl (C=O) groups is 1. The molecule has 23 heavy (non-hydrogen) atoms. The number of hydrogen-bond acceptors (Lipinski definition) is 4. The molecule has 0 saturated heterocycles. The summed E-state index contributed by atoms with van der Waals surface area (Å²) in [4.78, 5) is 18.7. The topological polar surface area (TPSA) is 68.1 Å². The molecule has 4 rings (SSSR count). The molecular formula is C18H14N2O3. The van der Waals surface area contributed by atoms with Gasteiger partial charge in [0.25, 0.3) is 0 Å². The van der Waals surface area contributed by atoms with Crippen LogP contribution >= 0.6 is 0 Å². The zero-order chi connectivity index (χ0) is 15.8. The van der Waals surface area contributed by atoms with Crippen LogP contribution in [0.25, 0.3) is 33.3 Å². The number of pyridine rings is 1. The maximum Gasteiger partial charge on any atom is 0.303 e. The van der Waals surface area contributed by atoms with Gasteiger partial charge in [0.15, 0.2) is 5.76 Å². The fourth-order valence-corrected chi connectivity index (χ4v) is 2.72. The van der Waals surface area contributed by atoms with Gasteiger partial charge >= 0.3 is 5.97 Å². The van der Waals surface area contributed by atoms with Crippen LogP contribution < -0.4 is 0 Å². The second kappa shape index (κ2) is 5.28. The average molecular weight is 307 g/mol. The number of hydrogen-bond donors (Lipinski definition) is 1. The van der Waals surface area contributed by atoms with Gasteiger partial charge in [-0.1, -0.05) is 18.2 Å². The minimum absolute atomic E-state index is 0.123. The van der Waals surface area contributed by atoms with Gasteiger partial charge in [0.05, 0.1) is 5.52 Å². The van der Waals surface area contributed by atoms with Gasteiger partial charge in [-0.3, -0.25) is 9.78 Å². The summed E-state index contributed by atoms with van der Waals surface area (Å²) in [7, 11) is 0. The molecule has 1 N–H and O–H groups in total. The maximum atomic E-state index is 10.9. The van der Waals surface area contributed by atoms with Crippen LogP contribution in [0.3, 0.4) is 0 Å². The number of nitrogens with zero attached hydrogens (tertiary/aromatic N) is 1. The number of benzene rings is 1. The van der Waals surface area contributed by atoms with E-state index in [1.54, 1.807) is 12.3 Å². The number of ether oxygens (including phenoxy) is 1. The number of fused-ring (bicyclic) bond motifs is 3. The zero-order valence-corrected chi connectivity index (χ0v) is 12.5. The summed E-state index contributed by atoms with van der Waals surface area (Å²) in [5.74, 6) is 0.896. The van der Waals surface area contributed by atoms with E-state index in [2.05, 4.69) is 16.0 Å². The molecule has 0 fully saturated rings. The van der Waals surface area contributed by atoms with Crippen LogP contribution in [-0.2, 0) is 16.1 Å². The summed E-state index contributed by atoms with van der Waals surface area (Å²) in [6, 6.07) is 13.7. The van der Waals surface area contributed by atoms with E-state index in [1.165, 1.54) is 6.92 Å². The Kier molecular flexibility index (Phi) is 3.12. The minimum Gasteiger partial charge on any atom is -0.458 e. The normalized spacial score (nSPS) is 11.2. The lowest BCUT2D eigenvalue weighted by atomic mass is 10.1. The largest absolute Gasteiger partial charge is 0.458 e. The van der Waals surface area contributed by atoms with E-state index in [0.29, 0.717) is 11.5 Å². The number of H-pyrrole nitrogens is 1. The lowest BCUT2D eigenvalue weighted by Gasteiger charge is -2.00. The molecule has 4 aromatic rings. The van der Waals surface area contributed by atoms with Crippen LogP contribution in [0, 0.1) is 0 Å². The highest BCUT2D eigenvalue weighted by Crippen LogP contribution is 2.32. The molecule has 0 spiro atoms. The van der Waals surface area contributed by atoms with Gasteiger partial charge in [0.2, 0.25) is 0 Å². The van der Waals surface area contributed by atoms with E-state index < -0.39 is 0 Å². The molecule has 0 amide bonds. The Morgan fingerprint density at radius 1 is 1.17 bits per heavy atom. The minimum atomic E-state index is -0.334. The fourth-order valence-electron chi connectivity index (χ4n) is 2.72. The van der Waals surface area contributed by atoms with Gasteiger partial charge < -0.3 is 14.1 Å². The van der Waals surface area contributed by atoms with Gasteiger partial charge in [-0.15, -0.1) is 0 Å². The first-order valence-corrected chi connectivity index (χ1v) is 7.30. The second-order valence-electron chi connectivity index (χ2n) is 5.30. The predicted molar refractivity (Wildman–Crippen MR) is 86.8 cm³/mol. The third kappa shape index (κ3) is 2.36. The number of furan rings is 1. The molecule has 114 valence electrons. The van der Waals surface area contributed by atoms with Crippen molar-refractivity contribution in [3.63, 3.8) is 0 Å². The number of rotatable bonds is 3. The van der Waals surface area contributed by atoms with E-state index >= 15 is 0 Å². The number of aromatic amines is 1. The van der Waals surface area contributed by atoms with Gasteiger partial charge in [-0.25, -0.2) is 0 Å². The van der Waals surface area contributed by atoms with Gasteiger partial charge in [0, 0.05) is 29.4 Å². The van der Waals surface area contributed by atoms with Crippen molar-refractivity contribution in [2.24, 2.45) is 0 Å². The Morgan fingerprint density at radius 3 is 2.91 bits per heavy atom. The highest BCUT2D eigenvalue weighted by Gasteiger charge is 2.14. The molecule has 0 aliphatic rings. The van der Waals surface area contributed by atoms with Crippen LogP contribution in [-0.4, -0.2) is 15.9 Å². The Labute approximate surface area is 131 Å². The molecule has 0 unspecified atom stereocenters. The van der Waals surface area contributed by atoms with Crippen LogP contribution in [0.4, 0.5) is 0 Å². The maximum absolute atomic E-state index is 10.9. The first kappa shape index (κ1) is 13.6. The quantitative estimate of drug-likeness (QED) is 0.580. The van der Waals surface area contributed by atoms with Crippen molar-refractivity contribution < 1.29 is 13.9 Å². The van der Waals surface area contributed by atoms with Gasteiger partial charge in [0.1, 0.15) is 18.1 Å². The lowest BCUT2D eigenvalue weighted by Crippen LogP contribution is -1.97. The molecule has 1 aromatic carbocycles. The summed E-state index contributed by atoms with van der Waals surface area (Å²) in [5.41, 5.74) is 2.73. The number of para-hydroxylation sites is 1. The molecule has 0 aliphatic carbocycles. The van der Waals surface area contributed by atoms with Crippen molar-refractivity contribution >= 4 is 27.8 Å². The molecule has 0 bridgehead atoms. The molecule has 3 aromatic heterocycles. The Hall–Kier alpha value is -3.08. The molecule has 0 aliphatic heterocycles. The van der Waals surface area contributed by atoms with Crippen molar-refractivity contribution in [2.75, 3.05) is 0 Å². The fraction of sp³-hybridized carbons (Fsp3) is 0.111. The molecule has 5 heteroatoms. The van der Waals surface area contributed by atoms with Gasteiger partial charge in [-0.2, -0.15) is 0 Å². The molecule has 0 saturated carbocycles. The Bertz CT molecular complexity index is 1010. The summed E-state index contributed by atoms with van der Waals surface area (Å²) in [5, 5.41) is 2.25. The summed E-state index contributed by atoms with van der Waals surface area (Å²) < 4.78 is 10.7. The standard InChI is InChI=1S/C18H14N2O3/c1-11(21)22-10-12-6-7-16(23-12)18-17-14(8-9-19-18)13-4-2-3-5-15(13)20-17/h2-9,20H,10H2,1H3/i19+1. The number of carbonyl (C=O) groups excluding carboxylic acids is 1. The number of esters is 1. The van der Waals surface area contributed by atoms with E-state index in [1.807, 2.05) is 30.3 Å². The van der Waals surface area contributed by atoms with Crippen molar-refractivity contribution in [3.8, 4) is 11.5 Å². The first-order valence-electron chi connectivity index (χ1n) is 7.30. The SMILES string of the molecule is CC(=O)OCc1ccc(-c2[15n]ccc3c2[nH]c2ccccc23)o1. The molecule has 0 radical (unpaired) electrons. The summed E-state index contributed by atoms with van der Waals surface area (Å²) in [6.07, 6.45) is 1.77. The summed E-state index contributed by atoms with van der Waals surface area (Å²) >= 11 is 0. The Morgan fingerprint density at radius 2 is 2.04 bits per heavy atom. The highest BCUT2D eigenvalue weighted by molar-refractivity contribution is 6.10.